The molecule has 6 heteroatoms. The molecule has 0 fully saturated rings. The Morgan fingerprint density at radius 1 is 1.45 bits per heavy atom. The quantitative estimate of drug-likeness (QED) is 0.919. The summed E-state index contributed by atoms with van der Waals surface area (Å²) >= 11 is 1.25. The number of hydrogen-bond acceptors (Lipinski definition) is 4. The van der Waals surface area contributed by atoms with Crippen molar-refractivity contribution in [2.75, 3.05) is 20.7 Å². The van der Waals surface area contributed by atoms with Gasteiger partial charge in [-0.15, -0.1) is 11.3 Å². The van der Waals surface area contributed by atoms with E-state index >= 15 is 0 Å². The highest BCUT2D eigenvalue weighted by atomic mass is 32.1. The first-order valence-electron chi connectivity index (χ1n) is 6.91. The minimum atomic E-state index is -0.992. The number of carbonyl (C=O) groups is 1. The third-order valence-corrected chi connectivity index (χ3v) is 4.40. The van der Waals surface area contributed by atoms with E-state index in [4.69, 9.17) is 4.74 Å². The van der Waals surface area contributed by atoms with Crippen LogP contribution in [0.1, 0.15) is 29.1 Å². The number of halogens is 1. The standard InChI is InChI=1S/C16H20FNO3S/c1-16(2,20)9-18(3)15(19)14-10(8-21-4)13-11(17)6-5-7-12(13)22-14/h5-7,20H,8-9H2,1-4H3. The molecule has 1 heterocycles. The van der Waals surface area contributed by atoms with Crippen LogP contribution in [-0.2, 0) is 11.3 Å². The topological polar surface area (TPSA) is 49.8 Å². The average Bonchev–Trinajstić information content (AvgIpc) is 2.76. The molecule has 1 N–H and O–H groups in total. The Kier molecular flexibility index (Phi) is 4.84. The number of carbonyl (C=O) groups excluding carboxylic acids is 1. The molecule has 1 aromatic heterocycles. The van der Waals surface area contributed by atoms with Gasteiger partial charge in [0.1, 0.15) is 5.82 Å². The summed E-state index contributed by atoms with van der Waals surface area (Å²) in [5.74, 6) is -0.597. The summed E-state index contributed by atoms with van der Waals surface area (Å²) in [7, 11) is 3.14. The molecule has 120 valence electrons. The van der Waals surface area contributed by atoms with Crippen LogP contribution in [0.4, 0.5) is 4.39 Å². The van der Waals surface area contributed by atoms with E-state index in [0.29, 0.717) is 20.5 Å². The van der Waals surface area contributed by atoms with Crippen molar-refractivity contribution in [1.82, 2.24) is 4.90 Å². The van der Waals surface area contributed by atoms with Gasteiger partial charge in [-0.25, -0.2) is 4.39 Å². The van der Waals surface area contributed by atoms with Crippen LogP contribution >= 0.6 is 11.3 Å². The summed E-state index contributed by atoms with van der Waals surface area (Å²) in [6.07, 6.45) is 0. The van der Waals surface area contributed by atoms with Crippen molar-refractivity contribution in [2.24, 2.45) is 0 Å². The van der Waals surface area contributed by atoms with Gasteiger partial charge in [-0.3, -0.25) is 4.79 Å². The SMILES string of the molecule is COCc1c(C(=O)N(C)CC(C)(C)O)sc2cccc(F)c12. The Morgan fingerprint density at radius 3 is 2.73 bits per heavy atom. The van der Waals surface area contributed by atoms with Gasteiger partial charge in [0.05, 0.1) is 17.1 Å². The molecule has 0 radical (unpaired) electrons. The van der Waals surface area contributed by atoms with E-state index in [-0.39, 0.29) is 24.9 Å². The molecule has 0 bridgehead atoms. The fourth-order valence-corrected chi connectivity index (χ4v) is 3.66. The monoisotopic (exact) mass is 325 g/mol. The average molecular weight is 325 g/mol. The second-order valence-electron chi connectivity index (χ2n) is 5.93. The number of amides is 1. The Balaban J connectivity index is 2.48. The van der Waals surface area contributed by atoms with Crippen molar-refractivity contribution >= 4 is 27.3 Å². The molecule has 0 saturated carbocycles. The number of likely N-dealkylation sites (N-methyl/N-ethyl adjacent to an activating group) is 1. The number of rotatable bonds is 5. The maximum Gasteiger partial charge on any atom is 0.264 e. The van der Waals surface area contributed by atoms with Crippen molar-refractivity contribution in [3.05, 3.63) is 34.5 Å². The van der Waals surface area contributed by atoms with Crippen LogP contribution < -0.4 is 0 Å². The van der Waals surface area contributed by atoms with E-state index in [9.17, 15) is 14.3 Å². The normalized spacial score (nSPS) is 11.9. The number of ether oxygens (including phenoxy) is 1. The minimum Gasteiger partial charge on any atom is -0.389 e. The predicted molar refractivity (Wildman–Crippen MR) is 85.8 cm³/mol. The maximum atomic E-state index is 14.1. The van der Waals surface area contributed by atoms with E-state index < -0.39 is 5.60 Å². The Bertz CT molecular complexity index is 690. The second kappa shape index (κ2) is 6.32. The smallest absolute Gasteiger partial charge is 0.264 e. The van der Waals surface area contributed by atoms with E-state index in [2.05, 4.69) is 0 Å². The molecule has 2 rings (SSSR count). The van der Waals surface area contributed by atoms with Crippen LogP contribution in [0.2, 0.25) is 0 Å². The van der Waals surface area contributed by atoms with E-state index in [1.54, 1.807) is 33.0 Å². The number of benzene rings is 1. The van der Waals surface area contributed by atoms with Crippen LogP contribution in [0, 0.1) is 5.82 Å². The van der Waals surface area contributed by atoms with Crippen molar-refractivity contribution in [1.29, 1.82) is 0 Å². The number of fused-ring (bicyclic) bond motifs is 1. The van der Waals surface area contributed by atoms with Gasteiger partial charge < -0.3 is 14.7 Å². The fourth-order valence-electron chi connectivity index (χ4n) is 2.45. The summed E-state index contributed by atoms with van der Waals surface area (Å²) in [5.41, 5.74) is -0.429. The number of methoxy groups -OCH3 is 1. The number of thiophene rings is 1. The zero-order valence-electron chi connectivity index (χ0n) is 13.1. The fraction of sp³-hybridized carbons (Fsp3) is 0.438. The largest absolute Gasteiger partial charge is 0.389 e. The van der Waals surface area contributed by atoms with Gasteiger partial charge in [-0.05, 0) is 26.0 Å². The lowest BCUT2D eigenvalue weighted by Crippen LogP contribution is -2.39. The second-order valence-corrected chi connectivity index (χ2v) is 6.98. The van der Waals surface area contributed by atoms with Gasteiger partial charge in [0, 0.05) is 36.4 Å². The summed E-state index contributed by atoms with van der Waals surface area (Å²) in [6.45, 7) is 3.63. The predicted octanol–water partition coefficient (Wildman–Crippen LogP) is 3.03. The van der Waals surface area contributed by atoms with Crippen LogP contribution in [0.5, 0.6) is 0 Å². The first-order valence-corrected chi connectivity index (χ1v) is 7.73. The molecule has 2 aromatic rings. The lowest BCUT2D eigenvalue weighted by atomic mass is 10.1. The molecular formula is C16H20FNO3S. The van der Waals surface area contributed by atoms with Crippen LogP contribution in [0.15, 0.2) is 18.2 Å². The molecule has 4 nitrogen and oxygen atoms in total. The van der Waals surface area contributed by atoms with Gasteiger partial charge in [-0.2, -0.15) is 0 Å². The Morgan fingerprint density at radius 2 is 2.14 bits per heavy atom. The highest BCUT2D eigenvalue weighted by Gasteiger charge is 2.26. The van der Waals surface area contributed by atoms with Crippen molar-refractivity contribution in [2.45, 2.75) is 26.1 Å². The lowest BCUT2D eigenvalue weighted by molar-refractivity contribution is 0.0369. The molecule has 0 spiro atoms. The molecule has 1 aromatic carbocycles. The van der Waals surface area contributed by atoms with Gasteiger partial charge >= 0.3 is 0 Å². The summed E-state index contributed by atoms with van der Waals surface area (Å²) < 4.78 is 20.0. The first-order chi connectivity index (χ1) is 10.2. The summed E-state index contributed by atoms with van der Waals surface area (Å²) in [4.78, 5) is 14.5. The molecular weight excluding hydrogens is 305 g/mol. The Labute approximate surface area is 133 Å². The molecule has 0 saturated heterocycles. The van der Waals surface area contributed by atoms with Crippen molar-refractivity contribution in [3.8, 4) is 0 Å². The van der Waals surface area contributed by atoms with Crippen LogP contribution in [-0.4, -0.2) is 42.2 Å². The van der Waals surface area contributed by atoms with E-state index in [1.807, 2.05) is 0 Å². The van der Waals surface area contributed by atoms with Crippen LogP contribution in [0.25, 0.3) is 10.1 Å². The van der Waals surface area contributed by atoms with E-state index in [0.717, 1.165) is 0 Å². The zero-order chi connectivity index (χ0) is 16.5. The summed E-state index contributed by atoms with van der Waals surface area (Å²) in [6, 6.07) is 4.79. The van der Waals surface area contributed by atoms with Gasteiger partial charge in [-0.1, -0.05) is 6.07 Å². The third-order valence-electron chi connectivity index (χ3n) is 3.22. The number of hydrogen-bond donors (Lipinski definition) is 1. The lowest BCUT2D eigenvalue weighted by Gasteiger charge is -2.25. The molecule has 0 unspecified atom stereocenters. The highest BCUT2D eigenvalue weighted by Crippen LogP contribution is 2.34. The maximum absolute atomic E-state index is 14.1. The molecule has 1 amide bonds. The van der Waals surface area contributed by atoms with Gasteiger partial charge in [0.25, 0.3) is 5.91 Å². The number of aliphatic hydroxyl groups is 1. The van der Waals surface area contributed by atoms with Crippen molar-refractivity contribution in [3.63, 3.8) is 0 Å². The molecule has 0 aliphatic carbocycles. The first kappa shape index (κ1) is 16.9. The summed E-state index contributed by atoms with van der Waals surface area (Å²) in [5, 5.41) is 10.3. The minimum absolute atomic E-state index is 0.165. The molecule has 0 atom stereocenters. The molecule has 22 heavy (non-hydrogen) atoms. The molecule has 0 aliphatic heterocycles. The van der Waals surface area contributed by atoms with Crippen LogP contribution in [0.3, 0.4) is 0 Å². The highest BCUT2D eigenvalue weighted by molar-refractivity contribution is 7.21. The van der Waals surface area contributed by atoms with E-state index in [1.165, 1.54) is 29.4 Å². The third kappa shape index (κ3) is 3.45. The number of nitrogens with zero attached hydrogens (tertiary/aromatic N) is 1. The van der Waals surface area contributed by atoms with Crippen molar-refractivity contribution < 1.29 is 19.0 Å². The molecule has 0 aliphatic rings. The Hall–Kier alpha value is -1.50. The van der Waals surface area contributed by atoms with Gasteiger partial charge in [0.2, 0.25) is 0 Å². The zero-order valence-corrected chi connectivity index (χ0v) is 14.0. The van der Waals surface area contributed by atoms with Gasteiger partial charge in [0.15, 0.2) is 0 Å².